The van der Waals surface area contributed by atoms with Gasteiger partial charge in [0.2, 0.25) is 0 Å². The summed E-state index contributed by atoms with van der Waals surface area (Å²) < 4.78 is 5.08. The average molecular weight is 365 g/mol. The van der Waals surface area contributed by atoms with Crippen LogP contribution < -0.4 is 10.6 Å². The maximum absolute atomic E-state index is 12.8. The van der Waals surface area contributed by atoms with E-state index in [1.54, 1.807) is 12.3 Å². The minimum absolute atomic E-state index is 0.000347. The number of hydrogen-bond donors (Lipinski definition) is 2. The molecule has 140 valence electrons. The molecular formula is C20H23N5O2. The molecule has 0 unspecified atom stereocenters. The van der Waals surface area contributed by atoms with E-state index in [9.17, 15) is 4.79 Å². The molecule has 1 amide bonds. The Balaban J connectivity index is 1.47. The van der Waals surface area contributed by atoms with Gasteiger partial charge < -0.3 is 20.0 Å². The van der Waals surface area contributed by atoms with Crippen LogP contribution in [0.5, 0.6) is 0 Å². The molecular weight excluding hydrogens is 342 g/mol. The van der Waals surface area contributed by atoms with Crippen molar-refractivity contribution in [3.63, 3.8) is 0 Å². The number of aliphatic imine (C=N–C) groups is 1. The van der Waals surface area contributed by atoms with E-state index in [0.717, 1.165) is 36.6 Å². The van der Waals surface area contributed by atoms with Crippen molar-refractivity contribution in [2.24, 2.45) is 4.99 Å². The van der Waals surface area contributed by atoms with Crippen molar-refractivity contribution in [3.8, 4) is 0 Å². The van der Waals surface area contributed by atoms with E-state index in [1.165, 1.54) is 25.4 Å². The van der Waals surface area contributed by atoms with Crippen molar-refractivity contribution in [2.75, 3.05) is 23.7 Å². The number of likely N-dealkylation sites (tertiary alicyclic amines) is 1. The van der Waals surface area contributed by atoms with Gasteiger partial charge in [0.15, 0.2) is 5.82 Å². The number of fused-ring (bicyclic) bond motifs is 1. The first-order valence-electron chi connectivity index (χ1n) is 9.63. The molecule has 1 saturated carbocycles. The SMILES string of the molecule is O=C(c1ccoc1)N1CC[C@]2(C1)Nc1cccnc1NC2=NC1CCCC1. The van der Waals surface area contributed by atoms with Crippen molar-refractivity contribution in [3.05, 3.63) is 42.5 Å². The van der Waals surface area contributed by atoms with Gasteiger partial charge in [0, 0.05) is 12.7 Å². The molecule has 0 bridgehead atoms. The Labute approximate surface area is 157 Å². The van der Waals surface area contributed by atoms with Crippen molar-refractivity contribution in [1.82, 2.24) is 9.88 Å². The molecule has 2 N–H and O–H groups in total. The third kappa shape index (κ3) is 2.87. The van der Waals surface area contributed by atoms with Gasteiger partial charge in [-0.05, 0) is 37.5 Å². The summed E-state index contributed by atoms with van der Waals surface area (Å²) in [6, 6.07) is 6.01. The second kappa shape index (κ2) is 6.40. The molecule has 7 heteroatoms. The van der Waals surface area contributed by atoms with Crippen LogP contribution in [-0.2, 0) is 0 Å². The lowest BCUT2D eigenvalue weighted by molar-refractivity contribution is 0.0788. The van der Waals surface area contributed by atoms with E-state index in [4.69, 9.17) is 9.41 Å². The Morgan fingerprint density at radius 1 is 1.33 bits per heavy atom. The molecule has 2 aliphatic heterocycles. The Bertz CT molecular complexity index is 872. The van der Waals surface area contributed by atoms with Crippen molar-refractivity contribution < 1.29 is 9.21 Å². The second-order valence-corrected chi connectivity index (χ2v) is 7.64. The van der Waals surface area contributed by atoms with Gasteiger partial charge in [0.25, 0.3) is 5.91 Å². The normalized spacial score (nSPS) is 26.2. The topological polar surface area (TPSA) is 82.8 Å². The number of anilines is 2. The summed E-state index contributed by atoms with van der Waals surface area (Å²) in [5.41, 5.74) is 1.16. The van der Waals surface area contributed by atoms with Gasteiger partial charge in [0.05, 0.1) is 30.1 Å². The minimum Gasteiger partial charge on any atom is -0.472 e. The Hall–Kier alpha value is -2.83. The van der Waals surface area contributed by atoms with Crippen LogP contribution >= 0.6 is 0 Å². The van der Waals surface area contributed by atoms with Gasteiger partial charge in [-0.2, -0.15) is 0 Å². The molecule has 4 heterocycles. The number of pyridine rings is 1. The molecule has 1 atom stereocenters. The third-order valence-corrected chi connectivity index (χ3v) is 5.83. The van der Waals surface area contributed by atoms with Crippen LogP contribution in [0.2, 0.25) is 0 Å². The fourth-order valence-electron chi connectivity index (χ4n) is 4.37. The molecule has 5 rings (SSSR count). The summed E-state index contributed by atoms with van der Waals surface area (Å²) in [7, 11) is 0. The second-order valence-electron chi connectivity index (χ2n) is 7.64. The number of amidine groups is 1. The Morgan fingerprint density at radius 3 is 3.04 bits per heavy atom. The minimum atomic E-state index is -0.391. The van der Waals surface area contributed by atoms with Gasteiger partial charge in [0.1, 0.15) is 17.6 Å². The molecule has 0 radical (unpaired) electrons. The van der Waals surface area contributed by atoms with Crippen molar-refractivity contribution in [1.29, 1.82) is 0 Å². The number of amides is 1. The first-order valence-corrected chi connectivity index (χ1v) is 9.63. The van der Waals surface area contributed by atoms with Crippen LogP contribution in [0.4, 0.5) is 11.5 Å². The monoisotopic (exact) mass is 365 g/mol. The molecule has 2 aromatic rings. The maximum atomic E-state index is 12.8. The predicted molar refractivity (Wildman–Crippen MR) is 103 cm³/mol. The highest BCUT2D eigenvalue weighted by Crippen LogP contribution is 2.36. The van der Waals surface area contributed by atoms with Crippen molar-refractivity contribution >= 4 is 23.2 Å². The number of nitrogens with one attached hydrogen (secondary N) is 2. The maximum Gasteiger partial charge on any atom is 0.257 e. The lowest BCUT2D eigenvalue weighted by Crippen LogP contribution is -2.55. The van der Waals surface area contributed by atoms with E-state index in [0.29, 0.717) is 24.7 Å². The molecule has 2 aromatic heterocycles. The van der Waals surface area contributed by atoms with Crippen LogP contribution in [0.15, 0.2) is 46.3 Å². The number of furan rings is 1. The fourth-order valence-corrected chi connectivity index (χ4v) is 4.37. The molecule has 1 spiro atoms. The largest absolute Gasteiger partial charge is 0.472 e. The summed E-state index contributed by atoms with van der Waals surface area (Å²) in [4.78, 5) is 24.2. The number of carbonyl (C=O) groups is 1. The van der Waals surface area contributed by atoms with Crippen LogP contribution in [-0.4, -0.2) is 46.3 Å². The molecule has 2 fully saturated rings. The highest BCUT2D eigenvalue weighted by atomic mass is 16.3. The number of rotatable bonds is 2. The summed E-state index contributed by atoms with van der Waals surface area (Å²) in [6.45, 7) is 1.25. The summed E-state index contributed by atoms with van der Waals surface area (Å²) in [5.74, 6) is 1.72. The predicted octanol–water partition coefficient (Wildman–Crippen LogP) is 3.14. The van der Waals surface area contributed by atoms with Gasteiger partial charge in [-0.15, -0.1) is 0 Å². The van der Waals surface area contributed by atoms with E-state index < -0.39 is 5.54 Å². The lowest BCUT2D eigenvalue weighted by atomic mass is 9.93. The highest BCUT2D eigenvalue weighted by Gasteiger charge is 2.47. The third-order valence-electron chi connectivity index (χ3n) is 5.83. The fraction of sp³-hybridized carbons (Fsp3) is 0.450. The molecule has 7 nitrogen and oxygen atoms in total. The van der Waals surface area contributed by atoms with Crippen LogP contribution in [0.25, 0.3) is 0 Å². The van der Waals surface area contributed by atoms with E-state index in [-0.39, 0.29) is 5.91 Å². The lowest BCUT2D eigenvalue weighted by Gasteiger charge is -2.38. The number of nitrogens with zero attached hydrogens (tertiary/aromatic N) is 3. The van der Waals surface area contributed by atoms with E-state index in [2.05, 4.69) is 15.6 Å². The highest BCUT2D eigenvalue weighted by molar-refractivity contribution is 6.09. The molecule has 0 aromatic carbocycles. The number of hydrogen-bond acceptors (Lipinski definition) is 5. The van der Waals surface area contributed by atoms with Gasteiger partial charge in [-0.1, -0.05) is 12.8 Å². The molecule has 1 aliphatic carbocycles. The van der Waals surface area contributed by atoms with Crippen LogP contribution in [0, 0.1) is 0 Å². The average Bonchev–Trinajstić information content (AvgIpc) is 3.44. The molecule has 3 aliphatic rings. The first-order chi connectivity index (χ1) is 13.2. The van der Waals surface area contributed by atoms with E-state index >= 15 is 0 Å². The van der Waals surface area contributed by atoms with Crippen molar-refractivity contribution in [2.45, 2.75) is 43.7 Å². The Morgan fingerprint density at radius 2 is 2.22 bits per heavy atom. The van der Waals surface area contributed by atoms with E-state index in [1.807, 2.05) is 17.0 Å². The van der Waals surface area contributed by atoms with Crippen LogP contribution in [0.1, 0.15) is 42.5 Å². The van der Waals surface area contributed by atoms with Gasteiger partial charge >= 0.3 is 0 Å². The molecule has 1 saturated heterocycles. The number of carbonyl (C=O) groups excluding carboxylic acids is 1. The molecule has 27 heavy (non-hydrogen) atoms. The summed E-state index contributed by atoms with van der Waals surface area (Å²) in [6.07, 6.45) is 10.4. The Kier molecular flexibility index (Phi) is 3.88. The zero-order chi connectivity index (χ0) is 18.3. The summed E-state index contributed by atoms with van der Waals surface area (Å²) >= 11 is 0. The zero-order valence-electron chi connectivity index (χ0n) is 15.1. The number of aromatic nitrogens is 1. The standard InChI is InChI=1S/C20H23N5O2/c26-18(14-7-11-27-12-14)25-10-8-20(13-25)19(22-15-4-1-2-5-15)23-17-16(24-20)6-3-9-21-17/h3,6-7,9,11-12,15,24H,1-2,4-5,8,10,13H2,(H,21,22,23)/t20-/m1/s1. The first kappa shape index (κ1) is 16.4. The quantitative estimate of drug-likeness (QED) is 0.854. The summed E-state index contributed by atoms with van der Waals surface area (Å²) in [5, 5.41) is 7.12. The smallest absolute Gasteiger partial charge is 0.257 e. The van der Waals surface area contributed by atoms with Gasteiger partial charge in [-0.3, -0.25) is 9.79 Å². The van der Waals surface area contributed by atoms with Gasteiger partial charge in [-0.25, -0.2) is 4.98 Å². The van der Waals surface area contributed by atoms with Crippen LogP contribution in [0.3, 0.4) is 0 Å². The zero-order valence-corrected chi connectivity index (χ0v) is 15.1.